The van der Waals surface area contributed by atoms with Gasteiger partial charge in [0.15, 0.2) is 11.6 Å². The molecular weight excluding hydrogens is 525 g/mol. The first-order valence-corrected chi connectivity index (χ1v) is 12.3. The van der Waals surface area contributed by atoms with E-state index in [9.17, 15) is 14.0 Å². The molecule has 2 aliphatic rings. The number of benzene rings is 3. The average Bonchev–Trinajstić information content (AvgIpc) is 3.14. The summed E-state index contributed by atoms with van der Waals surface area (Å²) in [5.74, 6) is -4.09. The van der Waals surface area contributed by atoms with Crippen LogP contribution >= 0.6 is 23.2 Å². The SMILES string of the molecule is COCCOc1ccc(F)c(F)c1C1NC(=O)CC(c2cccc(Cl)c2)C12C(=O)Nc1cc(Cl)ccc12. The van der Waals surface area contributed by atoms with Crippen molar-refractivity contribution >= 4 is 40.7 Å². The van der Waals surface area contributed by atoms with Crippen molar-refractivity contribution in [2.24, 2.45) is 0 Å². The van der Waals surface area contributed by atoms with Crippen LogP contribution in [0, 0.1) is 11.6 Å². The first-order chi connectivity index (χ1) is 17.8. The Bertz CT molecular complexity index is 1400. The van der Waals surface area contributed by atoms with Gasteiger partial charge in [0.1, 0.15) is 17.8 Å². The fourth-order valence-corrected chi connectivity index (χ4v) is 5.80. The van der Waals surface area contributed by atoms with Crippen molar-refractivity contribution in [3.63, 3.8) is 0 Å². The Morgan fingerprint density at radius 1 is 1.03 bits per heavy atom. The topological polar surface area (TPSA) is 76.7 Å². The number of methoxy groups -OCH3 is 1. The van der Waals surface area contributed by atoms with E-state index < -0.39 is 40.8 Å². The van der Waals surface area contributed by atoms with Crippen LogP contribution < -0.4 is 15.4 Å². The van der Waals surface area contributed by atoms with Crippen LogP contribution in [-0.2, 0) is 19.7 Å². The van der Waals surface area contributed by atoms with Gasteiger partial charge in [0.05, 0.1) is 18.2 Å². The van der Waals surface area contributed by atoms with Gasteiger partial charge in [0.25, 0.3) is 0 Å². The number of halogens is 4. The molecule has 3 atom stereocenters. The van der Waals surface area contributed by atoms with Crippen LogP contribution in [0.5, 0.6) is 5.75 Å². The molecule has 2 heterocycles. The standard InChI is InChI=1S/C27H22Cl2F2N2O4/c1-36-9-10-37-21-8-7-19(30)24(31)23(21)25-27(17-6-5-16(29)12-20(17)32-26(27)35)18(13-22(34)33-25)14-3-2-4-15(28)11-14/h2-8,11-12,18,25H,9-10,13H2,1H3,(H,32,35)(H,33,34). The summed E-state index contributed by atoms with van der Waals surface area (Å²) in [6.45, 7) is 0.228. The van der Waals surface area contributed by atoms with Gasteiger partial charge >= 0.3 is 0 Å². The Morgan fingerprint density at radius 2 is 1.81 bits per heavy atom. The lowest BCUT2D eigenvalue weighted by atomic mass is 9.59. The smallest absolute Gasteiger partial charge is 0.238 e. The number of carbonyl (C=O) groups excluding carboxylic acids is 2. The maximum Gasteiger partial charge on any atom is 0.238 e. The third-order valence-corrected chi connectivity index (χ3v) is 7.40. The summed E-state index contributed by atoms with van der Waals surface area (Å²) in [6, 6.07) is 12.6. The van der Waals surface area contributed by atoms with Crippen molar-refractivity contribution in [2.75, 3.05) is 25.6 Å². The summed E-state index contributed by atoms with van der Waals surface area (Å²) >= 11 is 12.5. The average molecular weight is 547 g/mol. The van der Waals surface area contributed by atoms with Gasteiger partial charge in [-0.25, -0.2) is 8.78 Å². The number of hydrogen-bond donors (Lipinski definition) is 2. The van der Waals surface area contributed by atoms with Gasteiger partial charge in [-0.2, -0.15) is 0 Å². The summed E-state index contributed by atoms with van der Waals surface area (Å²) in [6.07, 6.45) is -0.0941. The zero-order valence-corrected chi connectivity index (χ0v) is 21.1. The van der Waals surface area contributed by atoms with Crippen molar-refractivity contribution in [3.8, 4) is 5.75 Å². The minimum atomic E-state index is -1.58. The summed E-state index contributed by atoms with van der Waals surface area (Å²) in [5, 5.41) is 6.42. The second-order valence-corrected chi connectivity index (χ2v) is 9.81. The highest BCUT2D eigenvalue weighted by Gasteiger charge is 2.62. The fourth-order valence-electron chi connectivity index (χ4n) is 5.42. The molecule has 192 valence electrons. The van der Waals surface area contributed by atoms with Crippen LogP contribution in [0.1, 0.15) is 35.1 Å². The van der Waals surface area contributed by atoms with Crippen molar-refractivity contribution in [3.05, 3.63) is 93.0 Å². The molecule has 0 saturated carbocycles. The highest BCUT2D eigenvalue weighted by molar-refractivity contribution is 6.31. The molecule has 2 N–H and O–H groups in total. The Hall–Kier alpha value is -3.20. The maximum absolute atomic E-state index is 15.7. The zero-order chi connectivity index (χ0) is 26.3. The van der Waals surface area contributed by atoms with E-state index in [1.54, 1.807) is 42.5 Å². The number of fused-ring (bicyclic) bond motifs is 2. The quantitative estimate of drug-likeness (QED) is 0.398. The number of carbonyl (C=O) groups is 2. The van der Waals surface area contributed by atoms with E-state index in [0.717, 1.165) is 6.07 Å². The lowest BCUT2D eigenvalue weighted by molar-refractivity contribution is -0.131. The number of piperidine rings is 1. The first-order valence-electron chi connectivity index (χ1n) is 11.5. The predicted octanol–water partition coefficient (Wildman–Crippen LogP) is 5.53. The van der Waals surface area contributed by atoms with Gasteiger partial charge in [-0.05, 0) is 47.5 Å². The number of rotatable bonds is 6. The molecule has 2 aliphatic heterocycles. The van der Waals surface area contributed by atoms with E-state index in [4.69, 9.17) is 32.7 Å². The summed E-state index contributed by atoms with van der Waals surface area (Å²) in [7, 11) is 1.48. The van der Waals surface area contributed by atoms with E-state index >= 15 is 4.39 Å². The lowest BCUT2D eigenvalue weighted by Crippen LogP contribution is -2.57. The Balaban J connectivity index is 1.80. The number of hydrogen-bond acceptors (Lipinski definition) is 4. The Labute approximate surface area is 221 Å². The minimum absolute atomic E-state index is 0.0115. The molecule has 0 radical (unpaired) electrons. The Kier molecular flexibility index (Phi) is 6.83. The molecule has 0 aromatic heterocycles. The van der Waals surface area contributed by atoms with E-state index in [1.165, 1.54) is 13.2 Å². The number of ether oxygens (including phenoxy) is 2. The zero-order valence-electron chi connectivity index (χ0n) is 19.6. The van der Waals surface area contributed by atoms with Crippen LogP contribution in [0.25, 0.3) is 0 Å². The summed E-state index contributed by atoms with van der Waals surface area (Å²) in [4.78, 5) is 27.2. The van der Waals surface area contributed by atoms with Crippen molar-refractivity contribution in [1.29, 1.82) is 0 Å². The molecule has 3 aromatic carbocycles. The normalized spacial score (nSPS) is 22.5. The summed E-state index contributed by atoms with van der Waals surface area (Å²) < 4.78 is 41.1. The van der Waals surface area contributed by atoms with Crippen molar-refractivity contribution in [1.82, 2.24) is 5.32 Å². The molecule has 1 fully saturated rings. The molecule has 3 unspecified atom stereocenters. The molecule has 37 heavy (non-hydrogen) atoms. The molecular formula is C27H22Cl2F2N2O4. The van der Waals surface area contributed by atoms with Gasteiger partial charge in [-0.1, -0.05) is 41.4 Å². The largest absolute Gasteiger partial charge is 0.491 e. The van der Waals surface area contributed by atoms with Crippen LogP contribution in [-0.4, -0.2) is 32.1 Å². The summed E-state index contributed by atoms with van der Waals surface area (Å²) in [5.41, 5.74) is -0.335. The van der Waals surface area contributed by atoms with Crippen LogP contribution in [0.4, 0.5) is 14.5 Å². The molecule has 0 bridgehead atoms. The van der Waals surface area contributed by atoms with E-state index in [2.05, 4.69) is 10.6 Å². The van der Waals surface area contributed by atoms with E-state index in [-0.39, 0.29) is 30.9 Å². The predicted molar refractivity (Wildman–Crippen MR) is 135 cm³/mol. The second kappa shape index (κ2) is 9.93. The highest BCUT2D eigenvalue weighted by atomic mass is 35.5. The lowest BCUT2D eigenvalue weighted by Gasteiger charge is -2.46. The third-order valence-electron chi connectivity index (χ3n) is 6.93. The van der Waals surface area contributed by atoms with Crippen molar-refractivity contribution in [2.45, 2.75) is 23.8 Å². The van der Waals surface area contributed by atoms with Crippen LogP contribution in [0.3, 0.4) is 0 Å². The highest BCUT2D eigenvalue weighted by Crippen LogP contribution is 2.59. The van der Waals surface area contributed by atoms with E-state index in [0.29, 0.717) is 26.9 Å². The first kappa shape index (κ1) is 25.4. The van der Waals surface area contributed by atoms with Crippen molar-refractivity contribution < 1.29 is 27.8 Å². The number of anilines is 1. The molecule has 10 heteroatoms. The number of amides is 2. The number of nitrogens with one attached hydrogen (secondary N) is 2. The molecule has 1 spiro atoms. The minimum Gasteiger partial charge on any atom is -0.491 e. The fraction of sp³-hybridized carbons (Fsp3) is 0.259. The Morgan fingerprint density at radius 3 is 2.57 bits per heavy atom. The maximum atomic E-state index is 15.7. The molecule has 2 amide bonds. The third kappa shape index (κ3) is 4.23. The van der Waals surface area contributed by atoms with Gasteiger partial charge in [0.2, 0.25) is 11.8 Å². The molecule has 3 aromatic rings. The second-order valence-electron chi connectivity index (χ2n) is 8.94. The molecule has 6 nitrogen and oxygen atoms in total. The molecule has 1 saturated heterocycles. The molecule has 5 rings (SSSR count). The van der Waals surface area contributed by atoms with Gasteiger partial charge in [0, 0.05) is 35.2 Å². The van der Waals surface area contributed by atoms with Gasteiger partial charge in [-0.15, -0.1) is 0 Å². The van der Waals surface area contributed by atoms with Gasteiger partial charge < -0.3 is 20.1 Å². The monoisotopic (exact) mass is 546 g/mol. The van der Waals surface area contributed by atoms with Crippen LogP contribution in [0.15, 0.2) is 54.6 Å². The van der Waals surface area contributed by atoms with Crippen LogP contribution in [0.2, 0.25) is 10.0 Å². The molecule has 0 aliphatic carbocycles. The van der Waals surface area contributed by atoms with Gasteiger partial charge in [-0.3, -0.25) is 9.59 Å². The van der Waals surface area contributed by atoms with E-state index in [1.807, 2.05) is 0 Å².